The Balaban J connectivity index is 0. The highest BCUT2D eigenvalue weighted by Gasteiger charge is 2.05. The SMILES string of the molecule is C=C=C(C=C)/C(=C\N(C)C)c1ccc(C)cc1.CC.CC(C)C. The van der Waals surface area contributed by atoms with Crippen LogP contribution in [0.4, 0.5) is 0 Å². The van der Waals surface area contributed by atoms with E-state index in [1.807, 2.05) is 32.8 Å². The van der Waals surface area contributed by atoms with E-state index in [1.54, 1.807) is 6.08 Å². The molecular formula is C22H35N. The molecule has 0 unspecified atom stereocenters. The molecule has 0 N–H and O–H groups in total. The molecule has 0 radical (unpaired) electrons. The molecule has 1 aromatic rings. The second-order valence-corrected chi connectivity index (χ2v) is 5.90. The third-order valence-electron chi connectivity index (χ3n) is 2.43. The van der Waals surface area contributed by atoms with Gasteiger partial charge >= 0.3 is 0 Å². The van der Waals surface area contributed by atoms with Gasteiger partial charge in [-0.3, -0.25) is 0 Å². The van der Waals surface area contributed by atoms with Gasteiger partial charge in [0.05, 0.1) is 0 Å². The minimum Gasteiger partial charge on any atom is -0.383 e. The Morgan fingerprint density at radius 1 is 1.09 bits per heavy atom. The monoisotopic (exact) mass is 313 g/mol. The second kappa shape index (κ2) is 13.7. The molecule has 0 aromatic heterocycles. The van der Waals surface area contributed by atoms with Gasteiger partial charge in [-0.25, -0.2) is 0 Å². The average Bonchev–Trinajstić information content (AvgIpc) is 2.49. The molecule has 23 heavy (non-hydrogen) atoms. The van der Waals surface area contributed by atoms with Gasteiger partial charge in [0.2, 0.25) is 0 Å². The Bertz CT molecular complexity index is 507. The summed E-state index contributed by atoms with van der Waals surface area (Å²) in [4.78, 5) is 2.01. The Labute approximate surface area is 144 Å². The van der Waals surface area contributed by atoms with Crippen LogP contribution in [0.15, 0.2) is 61.0 Å². The summed E-state index contributed by atoms with van der Waals surface area (Å²) in [7, 11) is 4.00. The zero-order valence-corrected chi connectivity index (χ0v) is 16.4. The van der Waals surface area contributed by atoms with Crippen LogP contribution in [0.1, 0.15) is 45.7 Å². The van der Waals surface area contributed by atoms with Crippen molar-refractivity contribution in [2.24, 2.45) is 5.92 Å². The summed E-state index contributed by atoms with van der Waals surface area (Å²) in [5.74, 6) is 0.833. The number of benzene rings is 1. The lowest BCUT2D eigenvalue weighted by Crippen LogP contribution is -2.03. The van der Waals surface area contributed by atoms with Gasteiger partial charge in [-0.1, -0.05) is 83.7 Å². The molecule has 1 heteroatoms. The summed E-state index contributed by atoms with van der Waals surface area (Å²) in [5.41, 5.74) is 7.33. The summed E-state index contributed by atoms with van der Waals surface area (Å²) in [5, 5.41) is 0. The summed E-state index contributed by atoms with van der Waals surface area (Å²) in [6.45, 7) is 20.1. The molecule has 128 valence electrons. The highest BCUT2D eigenvalue weighted by atomic mass is 15.0. The van der Waals surface area contributed by atoms with Crippen LogP contribution in [0.3, 0.4) is 0 Å². The van der Waals surface area contributed by atoms with E-state index in [-0.39, 0.29) is 0 Å². The molecule has 0 aliphatic carbocycles. The molecule has 0 heterocycles. The fourth-order valence-corrected chi connectivity index (χ4v) is 1.57. The second-order valence-electron chi connectivity index (χ2n) is 5.90. The van der Waals surface area contributed by atoms with E-state index in [4.69, 9.17) is 0 Å². The predicted octanol–water partition coefficient (Wildman–Crippen LogP) is 6.48. The first-order valence-electron chi connectivity index (χ1n) is 8.30. The zero-order valence-electron chi connectivity index (χ0n) is 16.4. The van der Waals surface area contributed by atoms with Gasteiger partial charge in [0, 0.05) is 31.4 Å². The molecule has 0 atom stereocenters. The Morgan fingerprint density at radius 3 is 1.83 bits per heavy atom. The van der Waals surface area contributed by atoms with Gasteiger partial charge in [0.15, 0.2) is 0 Å². The first-order valence-corrected chi connectivity index (χ1v) is 8.30. The van der Waals surface area contributed by atoms with Crippen molar-refractivity contribution in [1.29, 1.82) is 0 Å². The van der Waals surface area contributed by atoms with Gasteiger partial charge in [-0.15, -0.1) is 5.73 Å². The van der Waals surface area contributed by atoms with E-state index in [2.05, 4.69) is 77.0 Å². The molecule has 0 fully saturated rings. The highest BCUT2D eigenvalue weighted by Crippen LogP contribution is 2.23. The van der Waals surface area contributed by atoms with Gasteiger partial charge in [-0.2, -0.15) is 0 Å². The number of hydrogen-bond donors (Lipinski definition) is 0. The molecule has 1 rings (SSSR count). The van der Waals surface area contributed by atoms with Crippen LogP contribution >= 0.6 is 0 Å². The van der Waals surface area contributed by atoms with Crippen molar-refractivity contribution in [1.82, 2.24) is 4.90 Å². The van der Waals surface area contributed by atoms with Gasteiger partial charge < -0.3 is 4.90 Å². The third-order valence-corrected chi connectivity index (χ3v) is 2.43. The van der Waals surface area contributed by atoms with Crippen molar-refractivity contribution in [3.8, 4) is 0 Å². The molecule has 0 amide bonds. The molecule has 0 saturated carbocycles. The molecule has 0 aliphatic heterocycles. The molecule has 1 aromatic carbocycles. The van der Waals surface area contributed by atoms with Crippen molar-refractivity contribution in [2.75, 3.05) is 14.1 Å². The quantitative estimate of drug-likeness (QED) is 0.454. The standard InChI is InChI=1S/C16H19N.C4H10.C2H6/c1-6-14(7-2)16(12-17(4)5)15-10-8-13(3)9-11-15;1-4(2)3;1-2/h6,8-12H,1-2H2,3-5H3;4H,1-3H3;1-2H3/b16-12+;;. The maximum atomic E-state index is 3.80. The number of nitrogens with zero attached hydrogens (tertiary/aromatic N) is 1. The van der Waals surface area contributed by atoms with E-state index >= 15 is 0 Å². The summed E-state index contributed by atoms with van der Waals surface area (Å²) in [6, 6.07) is 8.41. The Kier molecular flexibility index (Phi) is 13.8. The van der Waals surface area contributed by atoms with E-state index in [0.717, 1.165) is 22.6 Å². The van der Waals surface area contributed by atoms with Gasteiger partial charge in [0.1, 0.15) is 0 Å². The van der Waals surface area contributed by atoms with E-state index in [9.17, 15) is 0 Å². The minimum atomic E-state index is 0.833. The fourth-order valence-electron chi connectivity index (χ4n) is 1.57. The van der Waals surface area contributed by atoms with Crippen LogP contribution in [-0.4, -0.2) is 19.0 Å². The van der Waals surface area contributed by atoms with E-state index in [1.165, 1.54) is 5.56 Å². The Morgan fingerprint density at radius 2 is 1.52 bits per heavy atom. The fraction of sp³-hybridized carbons (Fsp3) is 0.409. The summed E-state index contributed by atoms with van der Waals surface area (Å²) in [6.07, 6.45) is 3.84. The molecule has 0 saturated heterocycles. The van der Waals surface area contributed by atoms with Crippen molar-refractivity contribution in [3.63, 3.8) is 0 Å². The zero-order chi connectivity index (χ0) is 18.4. The molecular weight excluding hydrogens is 278 g/mol. The Hall–Kier alpha value is -1.98. The summed E-state index contributed by atoms with van der Waals surface area (Å²) >= 11 is 0. The van der Waals surface area contributed by atoms with E-state index in [0.29, 0.717) is 0 Å². The van der Waals surface area contributed by atoms with E-state index < -0.39 is 0 Å². The smallest absolute Gasteiger partial charge is 0.0245 e. The maximum Gasteiger partial charge on any atom is 0.0245 e. The van der Waals surface area contributed by atoms with Crippen LogP contribution in [-0.2, 0) is 0 Å². The van der Waals surface area contributed by atoms with Crippen molar-refractivity contribution in [2.45, 2.75) is 41.5 Å². The van der Waals surface area contributed by atoms with Crippen LogP contribution in [0.2, 0.25) is 0 Å². The first-order chi connectivity index (χ1) is 10.8. The molecule has 0 aliphatic rings. The number of allylic oxidation sites excluding steroid dienone is 3. The first kappa shape index (κ1) is 23.3. The molecule has 0 bridgehead atoms. The lowest BCUT2D eigenvalue weighted by molar-refractivity contribution is 0.566. The number of rotatable bonds is 4. The number of hydrogen-bond acceptors (Lipinski definition) is 1. The summed E-state index contributed by atoms with van der Waals surface area (Å²) < 4.78 is 0. The predicted molar refractivity (Wildman–Crippen MR) is 108 cm³/mol. The van der Waals surface area contributed by atoms with Crippen LogP contribution in [0, 0.1) is 12.8 Å². The lowest BCUT2D eigenvalue weighted by Gasteiger charge is -2.12. The van der Waals surface area contributed by atoms with Gasteiger partial charge in [0.25, 0.3) is 0 Å². The van der Waals surface area contributed by atoms with Gasteiger partial charge in [-0.05, 0) is 18.4 Å². The normalized spacial score (nSPS) is 9.70. The molecule has 1 nitrogen and oxygen atoms in total. The lowest BCUT2D eigenvalue weighted by atomic mass is 9.98. The van der Waals surface area contributed by atoms with Crippen LogP contribution in [0.25, 0.3) is 5.57 Å². The topological polar surface area (TPSA) is 3.24 Å². The average molecular weight is 314 g/mol. The maximum absolute atomic E-state index is 3.80. The van der Waals surface area contributed by atoms with Crippen molar-refractivity contribution >= 4 is 5.57 Å². The van der Waals surface area contributed by atoms with Crippen molar-refractivity contribution < 1.29 is 0 Å². The van der Waals surface area contributed by atoms with Crippen LogP contribution < -0.4 is 0 Å². The van der Waals surface area contributed by atoms with Crippen LogP contribution in [0.5, 0.6) is 0 Å². The number of aryl methyl sites for hydroxylation is 1. The highest BCUT2D eigenvalue weighted by molar-refractivity contribution is 5.81. The minimum absolute atomic E-state index is 0.833. The largest absolute Gasteiger partial charge is 0.383 e. The third kappa shape index (κ3) is 11.3. The molecule has 0 spiro atoms. The van der Waals surface area contributed by atoms with Crippen molar-refractivity contribution in [3.05, 3.63) is 72.1 Å².